The van der Waals surface area contributed by atoms with Crippen LogP contribution in [-0.4, -0.2) is 50.3 Å². The molecule has 0 spiro atoms. The third-order valence-corrected chi connectivity index (χ3v) is 4.66. The lowest BCUT2D eigenvalue weighted by atomic mass is 10.1. The van der Waals surface area contributed by atoms with Gasteiger partial charge in [-0.15, -0.1) is 35.3 Å². The van der Waals surface area contributed by atoms with Gasteiger partial charge < -0.3 is 25.4 Å². The number of hydrogen-bond acceptors (Lipinski definition) is 6. The number of benzene rings is 1. The molecule has 1 atom stereocenters. The Balaban J connectivity index is 0.00000364. The molecule has 0 aliphatic rings. The summed E-state index contributed by atoms with van der Waals surface area (Å²) in [4.78, 5) is 11.0. The van der Waals surface area contributed by atoms with E-state index < -0.39 is 6.10 Å². The maximum absolute atomic E-state index is 10.4. The summed E-state index contributed by atoms with van der Waals surface area (Å²) in [5, 5.41) is 19.7. The molecule has 0 amide bonds. The van der Waals surface area contributed by atoms with E-state index in [0.29, 0.717) is 19.0 Å². The second kappa shape index (κ2) is 12.0. The predicted molar refractivity (Wildman–Crippen MR) is 123 cm³/mol. The molecule has 9 heteroatoms. The molecule has 1 aromatic carbocycles. The van der Waals surface area contributed by atoms with Crippen molar-refractivity contribution >= 4 is 46.4 Å². The molecule has 7 nitrogen and oxygen atoms in total. The molecule has 0 bridgehead atoms. The number of aromatic nitrogens is 1. The first-order valence-corrected chi connectivity index (χ1v) is 9.37. The Kier molecular flexibility index (Phi) is 10.4. The molecule has 0 radical (unpaired) electrons. The highest BCUT2D eigenvalue weighted by molar-refractivity contribution is 14.0. The van der Waals surface area contributed by atoms with Crippen LogP contribution in [0.15, 0.2) is 34.6 Å². The Morgan fingerprint density at radius 3 is 2.78 bits per heavy atom. The van der Waals surface area contributed by atoms with Crippen molar-refractivity contribution in [1.29, 1.82) is 0 Å². The standard InChI is InChI=1S/C18H27N5O2S.HI/c1-5-19-17(20-10-14-12-26-18(22-14)23(2)3)21-11-16(24)13-7-6-8-15(9-13)25-4;/h6-9,12,16,24H,5,10-11H2,1-4H3,(H2,19,20,21);1H. The number of halogens is 1. The van der Waals surface area contributed by atoms with Crippen LogP contribution >= 0.6 is 35.3 Å². The lowest BCUT2D eigenvalue weighted by molar-refractivity contribution is 0.180. The minimum atomic E-state index is -0.659. The SMILES string of the molecule is CCNC(=NCc1csc(N(C)C)n1)NCC(O)c1cccc(OC)c1.I. The second-order valence-corrected chi connectivity index (χ2v) is 6.72. The average Bonchev–Trinajstić information content (AvgIpc) is 3.13. The Bertz CT molecular complexity index is 723. The molecule has 3 N–H and O–H groups in total. The minimum Gasteiger partial charge on any atom is -0.497 e. The largest absolute Gasteiger partial charge is 0.497 e. The summed E-state index contributed by atoms with van der Waals surface area (Å²) < 4.78 is 5.20. The molecule has 0 aliphatic carbocycles. The molecule has 1 aromatic heterocycles. The molecular weight excluding hydrogens is 477 g/mol. The maximum atomic E-state index is 10.4. The van der Waals surface area contributed by atoms with Crippen molar-refractivity contribution in [3.8, 4) is 5.75 Å². The lowest BCUT2D eigenvalue weighted by Crippen LogP contribution is -2.39. The van der Waals surface area contributed by atoms with Gasteiger partial charge in [0.25, 0.3) is 0 Å². The smallest absolute Gasteiger partial charge is 0.191 e. The molecule has 27 heavy (non-hydrogen) atoms. The van der Waals surface area contributed by atoms with E-state index in [4.69, 9.17) is 4.74 Å². The highest BCUT2D eigenvalue weighted by Crippen LogP contribution is 2.19. The fourth-order valence-electron chi connectivity index (χ4n) is 2.24. The molecule has 0 saturated heterocycles. The monoisotopic (exact) mass is 505 g/mol. The van der Waals surface area contributed by atoms with Crippen LogP contribution in [0.5, 0.6) is 5.75 Å². The molecule has 0 aliphatic heterocycles. The predicted octanol–water partition coefficient (Wildman–Crippen LogP) is 2.62. The van der Waals surface area contributed by atoms with Gasteiger partial charge in [0.2, 0.25) is 0 Å². The second-order valence-electron chi connectivity index (χ2n) is 5.88. The van der Waals surface area contributed by atoms with Crippen LogP contribution < -0.4 is 20.3 Å². The number of nitrogens with zero attached hydrogens (tertiary/aromatic N) is 3. The molecule has 0 fully saturated rings. The van der Waals surface area contributed by atoms with Crippen LogP contribution in [0.3, 0.4) is 0 Å². The normalized spacial score (nSPS) is 12.1. The number of nitrogens with one attached hydrogen (secondary N) is 2. The summed E-state index contributed by atoms with van der Waals surface area (Å²) in [5.74, 6) is 1.37. The summed E-state index contributed by atoms with van der Waals surface area (Å²) in [6.45, 7) is 3.57. The summed E-state index contributed by atoms with van der Waals surface area (Å²) in [5.41, 5.74) is 1.71. The highest BCUT2D eigenvalue weighted by atomic mass is 127. The zero-order chi connectivity index (χ0) is 18.9. The van der Waals surface area contributed by atoms with Crippen LogP contribution in [0.4, 0.5) is 5.13 Å². The van der Waals surface area contributed by atoms with E-state index in [0.717, 1.165) is 28.7 Å². The van der Waals surface area contributed by atoms with Gasteiger partial charge in [0.15, 0.2) is 11.1 Å². The van der Waals surface area contributed by atoms with E-state index in [2.05, 4.69) is 20.6 Å². The fourth-order valence-corrected chi connectivity index (χ4v) is 2.99. The Labute approximate surface area is 181 Å². The van der Waals surface area contributed by atoms with Crippen molar-refractivity contribution in [2.24, 2.45) is 4.99 Å². The van der Waals surface area contributed by atoms with E-state index in [9.17, 15) is 5.11 Å². The van der Waals surface area contributed by atoms with Crippen LogP contribution in [0.2, 0.25) is 0 Å². The molecule has 2 aromatic rings. The molecular formula is C18H28IN5O2S. The number of rotatable bonds is 8. The quantitative estimate of drug-likeness (QED) is 0.291. The molecule has 1 heterocycles. The minimum absolute atomic E-state index is 0. The highest BCUT2D eigenvalue weighted by Gasteiger charge is 2.10. The van der Waals surface area contributed by atoms with Gasteiger partial charge in [-0.1, -0.05) is 12.1 Å². The van der Waals surface area contributed by atoms with Crippen molar-refractivity contribution in [2.75, 3.05) is 39.2 Å². The van der Waals surface area contributed by atoms with Crippen LogP contribution in [0.1, 0.15) is 24.3 Å². The van der Waals surface area contributed by atoms with Crippen molar-refractivity contribution in [3.05, 3.63) is 40.9 Å². The van der Waals surface area contributed by atoms with Gasteiger partial charge in [-0.05, 0) is 24.6 Å². The zero-order valence-corrected chi connectivity index (χ0v) is 19.2. The maximum Gasteiger partial charge on any atom is 0.191 e. The first-order valence-electron chi connectivity index (χ1n) is 8.49. The van der Waals surface area contributed by atoms with Gasteiger partial charge in [-0.25, -0.2) is 9.98 Å². The number of hydrogen-bond donors (Lipinski definition) is 3. The number of ether oxygens (including phenoxy) is 1. The van der Waals surface area contributed by atoms with Crippen LogP contribution in [0, 0.1) is 0 Å². The van der Waals surface area contributed by atoms with E-state index >= 15 is 0 Å². The number of methoxy groups -OCH3 is 1. The van der Waals surface area contributed by atoms with E-state index in [-0.39, 0.29) is 24.0 Å². The first-order chi connectivity index (χ1) is 12.5. The average molecular weight is 505 g/mol. The number of anilines is 1. The molecule has 1 unspecified atom stereocenters. The summed E-state index contributed by atoms with van der Waals surface area (Å²) in [6, 6.07) is 7.41. The number of guanidine groups is 1. The van der Waals surface area contributed by atoms with Crippen molar-refractivity contribution in [1.82, 2.24) is 15.6 Å². The van der Waals surface area contributed by atoms with Crippen molar-refractivity contribution in [3.63, 3.8) is 0 Å². The molecule has 2 rings (SSSR count). The van der Waals surface area contributed by atoms with E-state index in [1.807, 2.05) is 55.6 Å². The van der Waals surface area contributed by atoms with Crippen molar-refractivity contribution in [2.45, 2.75) is 19.6 Å². The van der Waals surface area contributed by atoms with Crippen LogP contribution in [0.25, 0.3) is 0 Å². The Hall–Kier alpha value is -1.59. The Morgan fingerprint density at radius 1 is 1.37 bits per heavy atom. The summed E-state index contributed by atoms with van der Waals surface area (Å²) in [7, 11) is 5.55. The van der Waals surface area contributed by atoms with Gasteiger partial charge in [0.1, 0.15) is 5.75 Å². The Morgan fingerprint density at radius 2 is 2.15 bits per heavy atom. The van der Waals surface area contributed by atoms with Gasteiger partial charge in [0, 0.05) is 32.6 Å². The van der Waals surface area contributed by atoms with E-state index in [1.165, 1.54) is 0 Å². The number of thiazole rings is 1. The topological polar surface area (TPSA) is 82.0 Å². The first kappa shape index (κ1) is 23.4. The van der Waals surface area contributed by atoms with Crippen molar-refractivity contribution < 1.29 is 9.84 Å². The number of aliphatic imine (C=N–C) groups is 1. The summed E-state index contributed by atoms with van der Waals surface area (Å²) in [6.07, 6.45) is -0.659. The van der Waals surface area contributed by atoms with Gasteiger partial charge in [-0.3, -0.25) is 0 Å². The van der Waals surface area contributed by atoms with Gasteiger partial charge in [0.05, 0.1) is 25.5 Å². The molecule has 150 valence electrons. The summed E-state index contributed by atoms with van der Waals surface area (Å²) >= 11 is 1.59. The van der Waals surface area contributed by atoms with E-state index in [1.54, 1.807) is 18.4 Å². The molecule has 0 saturated carbocycles. The number of aliphatic hydroxyl groups is 1. The fraction of sp³-hybridized carbons (Fsp3) is 0.444. The lowest BCUT2D eigenvalue weighted by Gasteiger charge is -2.16. The van der Waals surface area contributed by atoms with Crippen LogP contribution in [-0.2, 0) is 6.54 Å². The number of aliphatic hydroxyl groups excluding tert-OH is 1. The van der Waals surface area contributed by atoms with Gasteiger partial charge in [-0.2, -0.15) is 0 Å². The zero-order valence-electron chi connectivity index (χ0n) is 16.1. The van der Waals surface area contributed by atoms with Gasteiger partial charge >= 0.3 is 0 Å². The third-order valence-electron chi connectivity index (χ3n) is 3.61. The third kappa shape index (κ3) is 7.51.